The molecule has 0 unspecified atom stereocenters. The van der Waals surface area contributed by atoms with Crippen LogP contribution in [0.3, 0.4) is 0 Å². The maximum atomic E-state index is 11.7. The standard InChI is InChI=1S/C13H10O3/c14-11-4-1-3-10(9-11)13(15)7-6-12-5-2-8-16-12/h1-9,14H. The van der Waals surface area contributed by atoms with Crippen molar-refractivity contribution in [2.75, 3.05) is 0 Å². The van der Waals surface area contributed by atoms with Crippen molar-refractivity contribution in [2.45, 2.75) is 0 Å². The lowest BCUT2D eigenvalue weighted by Gasteiger charge is -1.95. The summed E-state index contributed by atoms with van der Waals surface area (Å²) in [5.74, 6) is 0.526. The van der Waals surface area contributed by atoms with Crippen molar-refractivity contribution in [1.82, 2.24) is 0 Å². The molecule has 2 aromatic rings. The molecule has 0 aliphatic heterocycles. The topological polar surface area (TPSA) is 50.4 Å². The zero-order valence-electron chi connectivity index (χ0n) is 8.46. The molecule has 0 aliphatic rings. The van der Waals surface area contributed by atoms with Crippen LogP contribution in [0, 0.1) is 0 Å². The van der Waals surface area contributed by atoms with Gasteiger partial charge in [-0.3, -0.25) is 4.79 Å². The molecule has 0 atom stereocenters. The van der Waals surface area contributed by atoms with Crippen LogP contribution in [0.4, 0.5) is 0 Å². The van der Waals surface area contributed by atoms with Gasteiger partial charge in [0, 0.05) is 5.56 Å². The third kappa shape index (κ3) is 2.39. The summed E-state index contributed by atoms with van der Waals surface area (Å²) in [6, 6.07) is 9.73. The second-order valence-electron chi connectivity index (χ2n) is 3.26. The molecule has 1 N–H and O–H groups in total. The summed E-state index contributed by atoms with van der Waals surface area (Å²) in [5, 5.41) is 9.22. The van der Waals surface area contributed by atoms with Crippen LogP contribution < -0.4 is 0 Å². The van der Waals surface area contributed by atoms with Gasteiger partial charge < -0.3 is 9.52 Å². The molecule has 2 rings (SSSR count). The van der Waals surface area contributed by atoms with Gasteiger partial charge in [-0.05, 0) is 36.4 Å². The summed E-state index contributed by atoms with van der Waals surface area (Å²) in [7, 11) is 0. The summed E-state index contributed by atoms with van der Waals surface area (Å²) in [6.45, 7) is 0. The highest BCUT2D eigenvalue weighted by atomic mass is 16.3. The summed E-state index contributed by atoms with van der Waals surface area (Å²) in [6.07, 6.45) is 4.54. The van der Waals surface area contributed by atoms with E-state index in [1.54, 1.807) is 36.6 Å². The molecule has 0 fully saturated rings. The Morgan fingerprint density at radius 1 is 1.25 bits per heavy atom. The molecule has 0 bridgehead atoms. The number of allylic oxidation sites excluding steroid dienone is 1. The van der Waals surface area contributed by atoms with Crippen molar-refractivity contribution < 1.29 is 14.3 Å². The Bertz CT molecular complexity index is 510. The molecule has 16 heavy (non-hydrogen) atoms. The third-order valence-corrected chi connectivity index (χ3v) is 2.07. The number of hydrogen-bond donors (Lipinski definition) is 1. The molecule has 0 radical (unpaired) electrons. The van der Waals surface area contributed by atoms with Crippen molar-refractivity contribution in [2.24, 2.45) is 0 Å². The highest BCUT2D eigenvalue weighted by Gasteiger charge is 2.02. The molecule has 0 saturated heterocycles. The maximum absolute atomic E-state index is 11.7. The molecule has 80 valence electrons. The first kappa shape index (κ1) is 10.2. The first-order valence-electron chi connectivity index (χ1n) is 4.80. The van der Waals surface area contributed by atoms with Crippen LogP contribution in [-0.2, 0) is 0 Å². The lowest BCUT2D eigenvalue weighted by atomic mass is 10.1. The number of carbonyl (C=O) groups excluding carboxylic acids is 1. The predicted octanol–water partition coefficient (Wildman–Crippen LogP) is 2.88. The van der Waals surface area contributed by atoms with Crippen molar-refractivity contribution in [3.05, 3.63) is 60.1 Å². The minimum Gasteiger partial charge on any atom is -0.508 e. The lowest BCUT2D eigenvalue weighted by Crippen LogP contribution is -1.92. The Morgan fingerprint density at radius 2 is 2.12 bits per heavy atom. The molecule has 3 nitrogen and oxygen atoms in total. The fourth-order valence-electron chi connectivity index (χ4n) is 1.30. The van der Waals surface area contributed by atoms with E-state index >= 15 is 0 Å². The first-order valence-corrected chi connectivity index (χ1v) is 4.80. The molecule has 1 aromatic carbocycles. The summed E-state index contributed by atoms with van der Waals surface area (Å²) < 4.78 is 5.06. The number of benzene rings is 1. The Labute approximate surface area is 92.6 Å². The fourth-order valence-corrected chi connectivity index (χ4v) is 1.30. The van der Waals surface area contributed by atoms with Crippen molar-refractivity contribution in [1.29, 1.82) is 0 Å². The van der Waals surface area contributed by atoms with E-state index in [9.17, 15) is 9.90 Å². The molecule has 1 heterocycles. The van der Waals surface area contributed by atoms with Gasteiger partial charge in [-0.2, -0.15) is 0 Å². The van der Waals surface area contributed by atoms with Crippen molar-refractivity contribution in [3.8, 4) is 5.75 Å². The van der Waals surface area contributed by atoms with Gasteiger partial charge in [-0.15, -0.1) is 0 Å². The van der Waals surface area contributed by atoms with Gasteiger partial charge in [0.15, 0.2) is 5.78 Å². The molecule has 0 spiro atoms. The van der Waals surface area contributed by atoms with Gasteiger partial charge >= 0.3 is 0 Å². The Balaban J connectivity index is 2.15. The average Bonchev–Trinajstić information content (AvgIpc) is 2.78. The van der Waals surface area contributed by atoms with Crippen LogP contribution in [-0.4, -0.2) is 10.9 Å². The average molecular weight is 214 g/mol. The van der Waals surface area contributed by atoms with Crippen LogP contribution in [0.25, 0.3) is 6.08 Å². The number of ketones is 1. The lowest BCUT2D eigenvalue weighted by molar-refractivity contribution is 0.104. The Hall–Kier alpha value is -2.29. The van der Waals surface area contributed by atoms with Gasteiger partial charge in [-0.25, -0.2) is 0 Å². The highest BCUT2D eigenvalue weighted by molar-refractivity contribution is 6.06. The van der Waals surface area contributed by atoms with E-state index in [2.05, 4.69) is 0 Å². The summed E-state index contributed by atoms with van der Waals surface area (Å²) in [4.78, 5) is 11.7. The van der Waals surface area contributed by atoms with Gasteiger partial charge in [0.05, 0.1) is 6.26 Å². The second-order valence-corrected chi connectivity index (χ2v) is 3.26. The van der Waals surface area contributed by atoms with Gasteiger partial charge in [-0.1, -0.05) is 12.1 Å². The molecule has 0 aliphatic carbocycles. The first-order chi connectivity index (χ1) is 7.75. The molecule has 0 saturated carbocycles. The number of phenols is 1. The molecular formula is C13H10O3. The quantitative estimate of drug-likeness (QED) is 0.631. The number of phenolic OH excluding ortho intramolecular Hbond substituents is 1. The van der Waals surface area contributed by atoms with Crippen molar-refractivity contribution >= 4 is 11.9 Å². The van der Waals surface area contributed by atoms with Crippen LogP contribution in [0.5, 0.6) is 5.75 Å². The summed E-state index contributed by atoms with van der Waals surface area (Å²) in [5.41, 5.74) is 0.447. The fraction of sp³-hybridized carbons (Fsp3) is 0. The molecule has 3 heteroatoms. The SMILES string of the molecule is O=C(C=Cc1ccco1)c1cccc(O)c1. The Morgan fingerprint density at radius 3 is 2.81 bits per heavy atom. The minimum atomic E-state index is -0.174. The zero-order valence-corrected chi connectivity index (χ0v) is 8.46. The van der Waals surface area contributed by atoms with E-state index < -0.39 is 0 Å². The van der Waals surface area contributed by atoms with E-state index in [0.717, 1.165) is 0 Å². The van der Waals surface area contributed by atoms with Crippen LogP contribution in [0.2, 0.25) is 0 Å². The number of rotatable bonds is 3. The largest absolute Gasteiger partial charge is 0.508 e. The zero-order chi connectivity index (χ0) is 11.4. The van der Waals surface area contributed by atoms with E-state index in [0.29, 0.717) is 11.3 Å². The normalized spacial score (nSPS) is 10.8. The monoisotopic (exact) mass is 214 g/mol. The third-order valence-electron chi connectivity index (χ3n) is 2.07. The number of hydrogen-bond acceptors (Lipinski definition) is 3. The predicted molar refractivity (Wildman–Crippen MR) is 60.2 cm³/mol. The number of aromatic hydroxyl groups is 1. The van der Waals surface area contributed by atoms with Crippen LogP contribution >= 0.6 is 0 Å². The Kier molecular flexibility index (Phi) is 2.87. The van der Waals surface area contributed by atoms with Gasteiger partial charge in [0.25, 0.3) is 0 Å². The van der Waals surface area contributed by atoms with Gasteiger partial charge in [0.1, 0.15) is 11.5 Å². The highest BCUT2D eigenvalue weighted by Crippen LogP contribution is 2.12. The van der Waals surface area contributed by atoms with E-state index in [-0.39, 0.29) is 11.5 Å². The molecule has 1 aromatic heterocycles. The summed E-state index contributed by atoms with van der Waals surface area (Å²) >= 11 is 0. The molecular weight excluding hydrogens is 204 g/mol. The number of furan rings is 1. The minimum absolute atomic E-state index is 0.0808. The van der Waals surface area contributed by atoms with E-state index in [1.807, 2.05) is 0 Å². The second kappa shape index (κ2) is 4.49. The smallest absolute Gasteiger partial charge is 0.186 e. The van der Waals surface area contributed by atoms with Crippen LogP contribution in [0.1, 0.15) is 16.1 Å². The van der Waals surface area contributed by atoms with E-state index in [4.69, 9.17) is 4.42 Å². The number of carbonyl (C=O) groups is 1. The van der Waals surface area contributed by atoms with Crippen molar-refractivity contribution in [3.63, 3.8) is 0 Å². The van der Waals surface area contributed by atoms with Gasteiger partial charge in [0.2, 0.25) is 0 Å². The maximum Gasteiger partial charge on any atom is 0.186 e. The van der Waals surface area contributed by atoms with E-state index in [1.165, 1.54) is 18.2 Å². The molecule has 0 amide bonds. The van der Waals surface area contributed by atoms with Crippen LogP contribution in [0.15, 0.2) is 53.2 Å².